The summed E-state index contributed by atoms with van der Waals surface area (Å²) in [6.45, 7) is 0. The van der Waals surface area contributed by atoms with Crippen molar-refractivity contribution in [2.75, 3.05) is 5.32 Å². The third-order valence-electron chi connectivity index (χ3n) is 5.70. The van der Waals surface area contributed by atoms with Gasteiger partial charge >= 0.3 is 5.97 Å². The molecule has 158 valence electrons. The Hall–Kier alpha value is -4.44. The number of carbonyl (C=O) groups is 2. The molecule has 1 aliphatic carbocycles. The van der Waals surface area contributed by atoms with Crippen molar-refractivity contribution in [3.8, 4) is 17.2 Å². The van der Waals surface area contributed by atoms with Gasteiger partial charge in [-0.15, -0.1) is 0 Å². The predicted molar refractivity (Wildman–Crippen MR) is 120 cm³/mol. The summed E-state index contributed by atoms with van der Waals surface area (Å²) in [5.74, 6) is -3.55. The van der Waals surface area contributed by atoms with Crippen LogP contribution in [0.5, 0.6) is 0 Å². The van der Waals surface area contributed by atoms with Gasteiger partial charge < -0.3 is 16.2 Å². The Labute approximate surface area is 184 Å². The Morgan fingerprint density at radius 2 is 1.72 bits per heavy atom. The van der Waals surface area contributed by atoms with E-state index in [0.717, 1.165) is 11.1 Å². The highest BCUT2D eigenvalue weighted by molar-refractivity contribution is 6.00. The normalized spacial score (nSPS) is 18.9. The average Bonchev–Trinajstić information content (AvgIpc) is 3.56. The van der Waals surface area contributed by atoms with Crippen LogP contribution in [-0.2, 0) is 9.59 Å². The number of nitrogens with zero attached hydrogens (tertiary/aromatic N) is 1. The van der Waals surface area contributed by atoms with Gasteiger partial charge in [-0.2, -0.15) is 5.26 Å². The molecule has 32 heavy (non-hydrogen) atoms. The minimum absolute atomic E-state index is 0.113. The zero-order valence-corrected chi connectivity index (χ0v) is 16.9. The predicted octanol–water partition coefficient (Wildman–Crippen LogP) is 3.56. The fourth-order valence-electron chi connectivity index (χ4n) is 4.06. The quantitative estimate of drug-likeness (QED) is 0.354. The van der Waals surface area contributed by atoms with Gasteiger partial charge in [0.2, 0.25) is 5.91 Å². The van der Waals surface area contributed by atoms with E-state index < -0.39 is 23.7 Å². The molecule has 3 aromatic carbocycles. The van der Waals surface area contributed by atoms with E-state index in [0.29, 0.717) is 22.4 Å². The van der Waals surface area contributed by atoms with Gasteiger partial charge in [0.15, 0.2) is 0 Å². The molecule has 7 heteroatoms. The maximum atomic E-state index is 12.9. The van der Waals surface area contributed by atoms with E-state index in [4.69, 9.17) is 11.1 Å². The molecule has 4 rings (SSSR count). The van der Waals surface area contributed by atoms with Crippen LogP contribution in [-0.4, -0.2) is 22.8 Å². The molecule has 5 N–H and O–H groups in total. The van der Waals surface area contributed by atoms with Gasteiger partial charge in [0.25, 0.3) is 0 Å². The monoisotopic (exact) mass is 424 g/mol. The highest BCUT2D eigenvalue weighted by Gasteiger charge is 2.59. The molecule has 3 aromatic rings. The molecule has 0 unspecified atom stereocenters. The molecule has 1 aliphatic rings. The molecule has 1 amide bonds. The van der Waals surface area contributed by atoms with E-state index >= 15 is 0 Å². The largest absolute Gasteiger partial charge is 0.481 e. The third kappa shape index (κ3) is 3.94. The van der Waals surface area contributed by atoms with Crippen molar-refractivity contribution in [2.45, 2.75) is 5.92 Å². The number of amides is 1. The number of benzene rings is 3. The summed E-state index contributed by atoms with van der Waals surface area (Å²) in [6, 6.07) is 23.3. The van der Waals surface area contributed by atoms with Gasteiger partial charge in [0, 0.05) is 17.2 Å². The average molecular weight is 424 g/mol. The SMILES string of the molecule is N#Cc1ccccc1-c1ccc(NC(=O)[C@@H]2[C@H](C(=O)O)[C@@H]2c2cccc(C(=N)N)c2)cc1. The number of nitrogens with two attached hydrogens (primary N) is 1. The van der Waals surface area contributed by atoms with Crippen molar-refractivity contribution in [1.82, 2.24) is 0 Å². The van der Waals surface area contributed by atoms with Crippen molar-refractivity contribution < 1.29 is 14.7 Å². The first-order chi connectivity index (χ1) is 15.4. The number of carboxylic acid groups (broad SMARTS) is 1. The van der Waals surface area contributed by atoms with Crippen molar-refractivity contribution in [3.05, 3.63) is 89.5 Å². The molecule has 0 spiro atoms. The van der Waals surface area contributed by atoms with Crippen LogP contribution in [0.3, 0.4) is 0 Å². The van der Waals surface area contributed by atoms with Gasteiger partial charge in [-0.25, -0.2) is 0 Å². The number of rotatable bonds is 6. The Kier molecular flexibility index (Phi) is 5.44. The van der Waals surface area contributed by atoms with E-state index in [9.17, 15) is 20.0 Å². The summed E-state index contributed by atoms with van der Waals surface area (Å²) >= 11 is 0. The molecule has 0 saturated heterocycles. The smallest absolute Gasteiger partial charge is 0.307 e. The lowest BCUT2D eigenvalue weighted by atomic mass is 10.0. The van der Waals surface area contributed by atoms with E-state index in [1.165, 1.54) is 0 Å². The van der Waals surface area contributed by atoms with Gasteiger partial charge in [0.1, 0.15) is 5.84 Å². The fraction of sp³-hybridized carbons (Fsp3) is 0.120. The topological polar surface area (TPSA) is 140 Å². The standard InChI is InChI=1S/C25H20N4O3/c26-13-17-4-1-2-7-19(17)14-8-10-18(11-9-14)29-24(30)21-20(22(21)25(31)32)15-5-3-6-16(12-15)23(27)28/h1-12,20-22H,(H3,27,28)(H,29,30)(H,31,32)/t20-,21+,22-/m1/s1. The number of nitrogens with one attached hydrogen (secondary N) is 2. The minimum atomic E-state index is -1.04. The lowest BCUT2D eigenvalue weighted by Gasteiger charge is -2.08. The number of aliphatic carboxylic acids is 1. The summed E-state index contributed by atoms with van der Waals surface area (Å²) in [6.07, 6.45) is 0. The summed E-state index contributed by atoms with van der Waals surface area (Å²) in [4.78, 5) is 24.6. The molecule has 1 saturated carbocycles. The van der Waals surface area contributed by atoms with E-state index in [1.54, 1.807) is 60.7 Å². The van der Waals surface area contributed by atoms with Crippen LogP contribution in [0, 0.1) is 28.6 Å². The van der Waals surface area contributed by atoms with Gasteiger partial charge in [0.05, 0.1) is 23.5 Å². The Balaban J connectivity index is 1.52. The molecule has 7 nitrogen and oxygen atoms in total. The maximum absolute atomic E-state index is 12.9. The van der Waals surface area contributed by atoms with Crippen molar-refractivity contribution in [3.63, 3.8) is 0 Å². The second-order valence-electron chi connectivity index (χ2n) is 7.68. The number of anilines is 1. The van der Waals surface area contributed by atoms with Crippen LogP contribution in [0.4, 0.5) is 5.69 Å². The number of hydrogen-bond donors (Lipinski definition) is 4. The van der Waals surface area contributed by atoms with Gasteiger partial charge in [-0.3, -0.25) is 15.0 Å². The summed E-state index contributed by atoms with van der Waals surface area (Å²) in [5, 5.41) is 29.3. The van der Waals surface area contributed by atoms with Crippen LogP contribution < -0.4 is 11.1 Å². The van der Waals surface area contributed by atoms with Crippen LogP contribution in [0.25, 0.3) is 11.1 Å². The number of nitrogen functional groups attached to an aromatic ring is 1. The number of carbonyl (C=O) groups excluding carboxylic acids is 1. The van der Waals surface area contributed by atoms with E-state index in [1.807, 2.05) is 12.1 Å². The summed E-state index contributed by atoms with van der Waals surface area (Å²) in [5.41, 5.74) is 9.44. The summed E-state index contributed by atoms with van der Waals surface area (Å²) in [7, 11) is 0. The lowest BCUT2D eigenvalue weighted by Crippen LogP contribution is -2.17. The van der Waals surface area contributed by atoms with Crippen LogP contribution in [0.15, 0.2) is 72.8 Å². The minimum Gasteiger partial charge on any atom is -0.481 e. The highest BCUT2D eigenvalue weighted by Crippen LogP contribution is 2.54. The van der Waals surface area contributed by atoms with Crippen molar-refractivity contribution in [1.29, 1.82) is 10.7 Å². The van der Waals surface area contributed by atoms with Crippen molar-refractivity contribution >= 4 is 23.4 Å². The van der Waals surface area contributed by atoms with Crippen LogP contribution in [0.1, 0.15) is 22.6 Å². The van der Waals surface area contributed by atoms with Crippen molar-refractivity contribution in [2.24, 2.45) is 17.6 Å². The van der Waals surface area contributed by atoms with Gasteiger partial charge in [-0.05, 0) is 41.0 Å². The van der Waals surface area contributed by atoms with Crippen LogP contribution in [0.2, 0.25) is 0 Å². The second kappa shape index (κ2) is 8.36. The fourth-order valence-corrected chi connectivity index (χ4v) is 4.06. The third-order valence-corrected chi connectivity index (χ3v) is 5.70. The molecule has 0 radical (unpaired) electrons. The van der Waals surface area contributed by atoms with Crippen LogP contribution >= 0.6 is 0 Å². The number of carboxylic acids is 1. The molecular formula is C25H20N4O3. The zero-order chi connectivity index (χ0) is 22.8. The molecule has 0 aliphatic heterocycles. The zero-order valence-electron chi connectivity index (χ0n) is 16.9. The first-order valence-corrected chi connectivity index (χ1v) is 9.98. The molecule has 0 heterocycles. The van der Waals surface area contributed by atoms with E-state index in [2.05, 4.69) is 11.4 Å². The lowest BCUT2D eigenvalue weighted by molar-refractivity contribution is -0.139. The second-order valence-corrected chi connectivity index (χ2v) is 7.68. The Bertz CT molecular complexity index is 1260. The number of hydrogen-bond acceptors (Lipinski definition) is 4. The first-order valence-electron chi connectivity index (χ1n) is 9.98. The highest BCUT2D eigenvalue weighted by atomic mass is 16.4. The Morgan fingerprint density at radius 1 is 1.00 bits per heavy atom. The molecule has 0 aromatic heterocycles. The molecule has 0 bridgehead atoms. The van der Waals surface area contributed by atoms with E-state index in [-0.39, 0.29) is 11.7 Å². The molecule has 3 atom stereocenters. The number of nitriles is 1. The summed E-state index contributed by atoms with van der Waals surface area (Å²) < 4.78 is 0. The van der Waals surface area contributed by atoms with Gasteiger partial charge in [-0.1, -0.05) is 48.5 Å². The molecular weight excluding hydrogens is 404 g/mol. The number of amidine groups is 1. The molecule has 1 fully saturated rings. The first kappa shape index (κ1) is 20.8. The Morgan fingerprint density at radius 3 is 2.38 bits per heavy atom. The maximum Gasteiger partial charge on any atom is 0.307 e.